The van der Waals surface area contributed by atoms with E-state index in [0.717, 1.165) is 0 Å². The molecule has 0 unspecified atom stereocenters. The number of carbonyl (C=O) groups excluding carboxylic acids is 1. The van der Waals surface area contributed by atoms with Gasteiger partial charge in [0.2, 0.25) is 0 Å². The van der Waals surface area contributed by atoms with Crippen LogP contribution in [0.4, 0.5) is 4.79 Å². The van der Waals surface area contributed by atoms with Crippen LogP contribution >= 0.6 is 0 Å². The van der Waals surface area contributed by atoms with Gasteiger partial charge in [0.15, 0.2) is 0 Å². The molecule has 3 N–H and O–H groups in total. The number of aromatic nitrogens is 2. The van der Waals surface area contributed by atoms with E-state index in [1.165, 1.54) is 0 Å². The van der Waals surface area contributed by atoms with Crippen molar-refractivity contribution in [2.75, 3.05) is 13.1 Å². The molecule has 0 bridgehead atoms. The van der Waals surface area contributed by atoms with Crippen molar-refractivity contribution in [1.29, 1.82) is 0 Å². The van der Waals surface area contributed by atoms with Crippen LogP contribution in [-0.4, -0.2) is 34.0 Å². The molecule has 92 valence electrons. The molecule has 7 nitrogen and oxygen atoms in total. The maximum absolute atomic E-state index is 11.6. The van der Waals surface area contributed by atoms with Gasteiger partial charge >= 0.3 is 11.7 Å². The average molecular weight is 238 g/mol. The van der Waals surface area contributed by atoms with Gasteiger partial charge in [0.1, 0.15) is 0 Å². The standard InChI is InChI=1S/C10H14N4O3/c1-2-11-10(17)14-4-3-7-6(5-14)8(15)13-9(16)12-7/h2-5H2,1H3,(H,11,17)(H2,12,13,15,16). The second kappa shape index (κ2) is 4.44. The first-order chi connectivity index (χ1) is 8.11. The quantitative estimate of drug-likeness (QED) is 0.594. The first-order valence-corrected chi connectivity index (χ1v) is 5.49. The Bertz CT molecular complexity index is 545. The van der Waals surface area contributed by atoms with Gasteiger partial charge in [0.25, 0.3) is 5.56 Å². The monoisotopic (exact) mass is 238 g/mol. The minimum Gasteiger partial charge on any atom is -0.338 e. The largest absolute Gasteiger partial charge is 0.338 e. The summed E-state index contributed by atoms with van der Waals surface area (Å²) in [4.78, 5) is 40.6. The van der Waals surface area contributed by atoms with Crippen LogP contribution in [0.2, 0.25) is 0 Å². The lowest BCUT2D eigenvalue weighted by Crippen LogP contribution is -2.45. The molecule has 0 fully saturated rings. The van der Waals surface area contributed by atoms with Crippen LogP contribution in [0.25, 0.3) is 0 Å². The van der Waals surface area contributed by atoms with E-state index in [-0.39, 0.29) is 12.6 Å². The number of carbonyl (C=O) groups is 1. The van der Waals surface area contributed by atoms with E-state index in [1.807, 2.05) is 6.92 Å². The topological polar surface area (TPSA) is 98.1 Å². The fourth-order valence-electron chi connectivity index (χ4n) is 1.89. The Kier molecular flexibility index (Phi) is 2.99. The highest BCUT2D eigenvalue weighted by Gasteiger charge is 2.23. The second-order valence-electron chi connectivity index (χ2n) is 3.87. The molecule has 0 aliphatic carbocycles. The van der Waals surface area contributed by atoms with Gasteiger partial charge in [-0.3, -0.25) is 9.78 Å². The fourth-order valence-corrected chi connectivity index (χ4v) is 1.89. The van der Waals surface area contributed by atoms with Crippen molar-refractivity contribution in [2.24, 2.45) is 0 Å². The highest BCUT2D eigenvalue weighted by Crippen LogP contribution is 2.11. The molecule has 1 aromatic rings. The molecule has 0 aromatic carbocycles. The van der Waals surface area contributed by atoms with E-state index in [2.05, 4.69) is 15.3 Å². The van der Waals surface area contributed by atoms with Crippen molar-refractivity contribution in [3.05, 3.63) is 32.1 Å². The summed E-state index contributed by atoms with van der Waals surface area (Å²) >= 11 is 0. The van der Waals surface area contributed by atoms with Crippen LogP contribution in [0.3, 0.4) is 0 Å². The first kappa shape index (κ1) is 11.4. The summed E-state index contributed by atoms with van der Waals surface area (Å²) in [7, 11) is 0. The Morgan fingerprint density at radius 3 is 2.88 bits per heavy atom. The van der Waals surface area contributed by atoms with Gasteiger partial charge in [-0.2, -0.15) is 0 Å². The van der Waals surface area contributed by atoms with Crippen LogP contribution in [0.5, 0.6) is 0 Å². The lowest BCUT2D eigenvalue weighted by Gasteiger charge is -2.27. The molecule has 1 aromatic heterocycles. The van der Waals surface area contributed by atoms with E-state index in [1.54, 1.807) is 4.90 Å². The second-order valence-corrected chi connectivity index (χ2v) is 3.87. The number of urea groups is 1. The number of rotatable bonds is 1. The van der Waals surface area contributed by atoms with Gasteiger partial charge in [0, 0.05) is 25.2 Å². The highest BCUT2D eigenvalue weighted by molar-refractivity contribution is 5.74. The third-order valence-electron chi connectivity index (χ3n) is 2.73. The molecular formula is C10H14N4O3. The van der Waals surface area contributed by atoms with Crippen LogP contribution in [0.1, 0.15) is 18.2 Å². The van der Waals surface area contributed by atoms with Crippen molar-refractivity contribution >= 4 is 6.03 Å². The SMILES string of the molecule is CCNC(=O)N1CCc2[nH]c(=O)[nH]c(=O)c2C1. The zero-order chi connectivity index (χ0) is 12.4. The van der Waals surface area contributed by atoms with Gasteiger partial charge in [-0.05, 0) is 6.92 Å². The van der Waals surface area contributed by atoms with Crippen molar-refractivity contribution in [2.45, 2.75) is 19.9 Å². The Hall–Kier alpha value is -2.05. The maximum atomic E-state index is 11.6. The Balaban J connectivity index is 2.27. The molecule has 0 saturated heterocycles. The number of aromatic amines is 2. The normalized spacial score (nSPS) is 14.3. The summed E-state index contributed by atoms with van der Waals surface area (Å²) in [5.74, 6) is 0. The summed E-state index contributed by atoms with van der Waals surface area (Å²) < 4.78 is 0. The number of hydrogen-bond acceptors (Lipinski definition) is 3. The summed E-state index contributed by atoms with van der Waals surface area (Å²) in [5, 5.41) is 2.68. The molecule has 0 radical (unpaired) electrons. The van der Waals surface area contributed by atoms with E-state index in [0.29, 0.717) is 30.8 Å². The zero-order valence-corrected chi connectivity index (χ0v) is 9.50. The summed E-state index contributed by atoms with van der Waals surface area (Å²) in [6, 6.07) is -0.191. The van der Waals surface area contributed by atoms with Gasteiger partial charge in [-0.15, -0.1) is 0 Å². The number of H-pyrrole nitrogens is 2. The molecule has 7 heteroatoms. The van der Waals surface area contributed by atoms with Crippen LogP contribution in [-0.2, 0) is 13.0 Å². The Morgan fingerprint density at radius 1 is 1.41 bits per heavy atom. The zero-order valence-electron chi connectivity index (χ0n) is 9.50. The predicted octanol–water partition coefficient (Wildman–Crippen LogP) is -0.849. The van der Waals surface area contributed by atoms with E-state index in [9.17, 15) is 14.4 Å². The number of amides is 2. The van der Waals surface area contributed by atoms with E-state index >= 15 is 0 Å². The lowest BCUT2D eigenvalue weighted by atomic mass is 10.1. The molecule has 17 heavy (non-hydrogen) atoms. The van der Waals surface area contributed by atoms with Crippen LogP contribution in [0.15, 0.2) is 9.59 Å². The summed E-state index contributed by atoms with van der Waals surface area (Å²) in [5.41, 5.74) is 0.166. The van der Waals surface area contributed by atoms with Gasteiger partial charge < -0.3 is 15.2 Å². The minimum absolute atomic E-state index is 0.191. The molecule has 0 saturated carbocycles. The predicted molar refractivity (Wildman–Crippen MR) is 60.9 cm³/mol. The molecule has 2 amide bonds. The molecule has 2 rings (SSSR count). The maximum Gasteiger partial charge on any atom is 0.325 e. The number of fused-ring (bicyclic) bond motifs is 1. The van der Waals surface area contributed by atoms with Gasteiger partial charge in [-0.1, -0.05) is 0 Å². The van der Waals surface area contributed by atoms with Crippen LogP contribution in [0, 0.1) is 0 Å². The third kappa shape index (κ3) is 2.22. The first-order valence-electron chi connectivity index (χ1n) is 5.49. The van der Waals surface area contributed by atoms with Crippen molar-refractivity contribution in [1.82, 2.24) is 20.2 Å². The van der Waals surface area contributed by atoms with Gasteiger partial charge in [0.05, 0.1) is 12.1 Å². The smallest absolute Gasteiger partial charge is 0.325 e. The average Bonchev–Trinajstić information content (AvgIpc) is 2.28. The summed E-state index contributed by atoms with van der Waals surface area (Å²) in [6.45, 7) is 3.11. The lowest BCUT2D eigenvalue weighted by molar-refractivity contribution is 0.192. The highest BCUT2D eigenvalue weighted by atomic mass is 16.2. The molecule has 0 spiro atoms. The molecule has 2 heterocycles. The van der Waals surface area contributed by atoms with Crippen molar-refractivity contribution in [3.8, 4) is 0 Å². The van der Waals surface area contributed by atoms with Gasteiger partial charge in [-0.25, -0.2) is 9.59 Å². The van der Waals surface area contributed by atoms with Crippen molar-refractivity contribution in [3.63, 3.8) is 0 Å². The molecular weight excluding hydrogens is 224 g/mol. The Morgan fingerprint density at radius 2 is 2.18 bits per heavy atom. The molecule has 0 atom stereocenters. The molecule has 1 aliphatic heterocycles. The summed E-state index contributed by atoms with van der Waals surface area (Å²) in [6.07, 6.45) is 0.492. The third-order valence-corrected chi connectivity index (χ3v) is 2.73. The Labute approximate surface area is 96.8 Å². The minimum atomic E-state index is -0.500. The number of hydrogen-bond donors (Lipinski definition) is 3. The van der Waals surface area contributed by atoms with E-state index in [4.69, 9.17) is 0 Å². The number of nitrogens with one attached hydrogen (secondary N) is 3. The van der Waals surface area contributed by atoms with Crippen molar-refractivity contribution < 1.29 is 4.79 Å². The molecule has 1 aliphatic rings. The fraction of sp³-hybridized carbons (Fsp3) is 0.500. The van der Waals surface area contributed by atoms with Crippen LogP contribution < -0.4 is 16.6 Å². The number of nitrogens with zero attached hydrogens (tertiary/aromatic N) is 1. The van der Waals surface area contributed by atoms with E-state index < -0.39 is 11.2 Å².